The van der Waals surface area contributed by atoms with Crippen LogP contribution in [0.5, 0.6) is 0 Å². The first-order valence-electron chi connectivity index (χ1n) is 16.1. The summed E-state index contributed by atoms with van der Waals surface area (Å²) in [4.78, 5) is 111. The van der Waals surface area contributed by atoms with E-state index >= 15 is 0 Å². The summed E-state index contributed by atoms with van der Waals surface area (Å²) in [5.41, 5.74) is 6.22. The third-order valence-electron chi connectivity index (χ3n) is 7.30. The van der Waals surface area contributed by atoms with Crippen molar-refractivity contribution in [2.75, 3.05) is 6.61 Å². The number of amides is 6. The van der Waals surface area contributed by atoms with Crippen LogP contribution in [0.2, 0.25) is 0 Å². The number of benzene rings is 1. The molecule has 20 nitrogen and oxygen atoms in total. The zero-order chi connectivity index (χ0) is 39.7. The van der Waals surface area contributed by atoms with E-state index in [0.717, 1.165) is 6.92 Å². The first-order chi connectivity index (χ1) is 24.2. The quantitative estimate of drug-likeness (QED) is 0.0552. The summed E-state index contributed by atoms with van der Waals surface area (Å²) in [5.74, 6) is -10.4. The fourth-order valence-electron chi connectivity index (χ4n) is 4.50. The largest absolute Gasteiger partial charge is 0.481 e. The predicted octanol–water partition coefficient (Wildman–Crippen LogP) is -3.42. The van der Waals surface area contributed by atoms with E-state index < -0.39 is 115 Å². The molecule has 1 aromatic rings. The number of carbonyl (C=O) groups excluding carboxylic acids is 6. The fraction of sp³-hybridized carbons (Fsp3) is 0.531. The van der Waals surface area contributed by atoms with Crippen LogP contribution in [0.25, 0.3) is 0 Å². The molecule has 0 heterocycles. The summed E-state index contributed by atoms with van der Waals surface area (Å²) in [6.45, 7) is 4.81. The van der Waals surface area contributed by atoms with Crippen LogP contribution in [0, 0.1) is 5.92 Å². The van der Waals surface area contributed by atoms with Crippen molar-refractivity contribution in [3.63, 3.8) is 0 Å². The van der Waals surface area contributed by atoms with Crippen molar-refractivity contribution in [3.8, 4) is 0 Å². The fourth-order valence-corrected chi connectivity index (χ4v) is 4.50. The Balaban J connectivity index is 3.09. The van der Waals surface area contributed by atoms with E-state index in [4.69, 9.17) is 15.9 Å². The molecule has 6 amide bonds. The Morgan fingerprint density at radius 2 is 1.04 bits per heavy atom. The van der Waals surface area contributed by atoms with E-state index in [2.05, 4.69) is 31.9 Å². The van der Waals surface area contributed by atoms with Crippen molar-refractivity contribution in [1.29, 1.82) is 0 Å². The summed E-state index contributed by atoms with van der Waals surface area (Å²) in [6.07, 6.45) is -1.74. The molecule has 0 bridgehead atoms. The summed E-state index contributed by atoms with van der Waals surface area (Å²) in [6, 6.07) is -2.00. The maximum atomic E-state index is 13.3. The number of hydrogen-bond acceptors (Lipinski definition) is 11. The van der Waals surface area contributed by atoms with Crippen molar-refractivity contribution in [3.05, 3.63) is 35.9 Å². The Hall–Kier alpha value is -5.63. The standard InChI is InChI=1S/C32H47N7O13/c1-15(2)10-20(28(47)34-16(3)26(45)36-22(13-25(43)44)29(48)35-17(4)32(51)52)38-31(50)23(14-40)39-30(49)21(11-18-8-6-5-7-9-18)37-27(46)19(33)12-24(41)42/h5-9,15-17,19-23,40H,10-14,33H2,1-4H3,(H,34,47)(H,35,48)(H,36,45)(H,37,46)(H,38,50)(H,39,49)(H,41,42)(H,43,44)(H,51,52)/t16-,17-,19-,20-,21-,22-,23-/m0/s1. The van der Waals surface area contributed by atoms with Gasteiger partial charge in [-0.25, -0.2) is 0 Å². The zero-order valence-corrected chi connectivity index (χ0v) is 29.1. The molecule has 12 N–H and O–H groups in total. The first-order valence-corrected chi connectivity index (χ1v) is 16.1. The lowest BCUT2D eigenvalue weighted by Gasteiger charge is -2.26. The second-order valence-corrected chi connectivity index (χ2v) is 12.3. The molecular formula is C32H47N7O13. The van der Waals surface area contributed by atoms with E-state index in [1.54, 1.807) is 44.2 Å². The number of hydrogen-bond donors (Lipinski definition) is 11. The molecule has 1 aromatic carbocycles. The van der Waals surface area contributed by atoms with Crippen molar-refractivity contribution < 1.29 is 63.6 Å². The number of aliphatic hydroxyl groups excluding tert-OH is 1. The Bertz CT molecular complexity index is 1460. The first kappa shape index (κ1) is 44.4. The van der Waals surface area contributed by atoms with Crippen LogP contribution in [0.4, 0.5) is 0 Å². The second-order valence-electron chi connectivity index (χ2n) is 12.3. The predicted molar refractivity (Wildman–Crippen MR) is 180 cm³/mol. The normalized spacial score (nSPS) is 14.9. The summed E-state index contributed by atoms with van der Waals surface area (Å²) >= 11 is 0. The SMILES string of the molecule is CC(C)C[C@H](NC(=O)[C@H](CO)NC(=O)[C@H](Cc1ccccc1)NC(=O)[C@@H](N)CC(=O)O)C(=O)N[C@@H](C)C(=O)N[C@@H](CC(=O)O)C(=O)N[C@@H](C)C(=O)O. The van der Waals surface area contributed by atoms with E-state index in [0.29, 0.717) is 5.56 Å². The molecule has 288 valence electrons. The van der Waals surface area contributed by atoms with E-state index in [1.807, 2.05) is 0 Å². The van der Waals surface area contributed by atoms with Gasteiger partial charge in [-0.3, -0.25) is 43.2 Å². The molecule has 0 fully saturated rings. The molecule has 7 atom stereocenters. The van der Waals surface area contributed by atoms with Crippen molar-refractivity contribution in [2.45, 2.75) is 95.7 Å². The lowest BCUT2D eigenvalue weighted by atomic mass is 10.0. The number of carboxylic acids is 3. The van der Waals surface area contributed by atoms with Crippen molar-refractivity contribution in [1.82, 2.24) is 31.9 Å². The average molecular weight is 738 g/mol. The molecule has 0 saturated carbocycles. The monoisotopic (exact) mass is 737 g/mol. The number of nitrogens with one attached hydrogen (secondary N) is 6. The van der Waals surface area contributed by atoms with Gasteiger partial charge in [-0.2, -0.15) is 0 Å². The molecule has 0 saturated heterocycles. The second kappa shape index (κ2) is 21.6. The lowest BCUT2D eigenvalue weighted by Crippen LogP contribution is -2.60. The highest BCUT2D eigenvalue weighted by Crippen LogP contribution is 2.08. The van der Waals surface area contributed by atoms with Gasteiger partial charge in [-0.05, 0) is 31.7 Å². The minimum absolute atomic E-state index is 0.00326. The molecule has 0 aromatic heterocycles. The van der Waals surface area contributed by atoms with Crippen molar-refractivity contribution in [2.24, 2.45) is 11.7 Å². The van der Waals surface area contributed by atoms with Gasteiger partial charge in [0.2, 0.25) is 35.4 Å². The molecule has 52 heavy (non-hydrogen) atoms. The minimum atomic E-state index is -1.70. The molecule has 0 spiro atoms. The molecule has 20 heteroatoms. The van der Waals surface area contributed by atoms with Crippen LogP contribution in [0.1, 0.15) is 52.5 Å². The highest BCUT2D eigenvalue weighted by molar-refractivity contribution is 5.97. The molecule has 0 aliphatic carbocycles. The number of carboxylic acid groups (broad SMARTS) is 3. The lowest BCUT2D eigenvalue weighted by molar-refractivity contribution is -0.143. The molecular weight excluding hydrogens is 690 g/mol. The third-order valence-corrected chi connectivity index (χ3v) is 7.30. The van der Waals surface area contributed by atoms with Gasteiger partial charge in [0, 0.05) is 6.42 Å². The van der Waals surface area contributed by atoms with Gasteiger partial charge in [0.1, 0.15) is 36.3 Å². The summed E-state index contributed by atoms with van der Waals surface area (Å²) in [5, 5.41) is 50.8. The molecule has 0 aliphatic rings. The van der Waals surface area contributed by atoms with Crippen LogP contribution < -0.4 is 37.6 Å². The topological polar surface area (TPSA) is 333 Å². The average Bonchev–Trinajstić information content (AvgIpc) is 3.05. The van der Waals surface area contributed by atoms with Crippen molar-refractivity contribution >= 4 is 53.4 Å². The molecule has 0 radical (unpaired) electrons. The number of carbonyl (C=O) groups is 9. The van der Waals surface area contributed by atoms with Crippen LogP contribution in [-0.4, -0.2) is 123 Å². The Labute approximate surface area is 298 Å². The number of rotatable bonds is 22. The Morgan fingerprint density at radius 3 is 1.56 bits per heavy atom. The van der Waals surface area contributed by atoms with Crippen LogP contribution in [0.15, 0.2) is 30.3 Å². The van der Waals surface area contributed by atoms with Gasteiger partial charge in [0.15, 0.2) is 0 Å². The molecule has 1 rings (SSSR count). The number of aliphatic carboxylic acids is 3. The van der Waals surface area contributed by atoms with E-state index in [9.17, 15) is 53.4 Å². The van der Waals surface area contributed by atoms with Gasteiger partial charge in [-0.1, -0.05) is 44.2 Å². The van der Waals surface area contributed by atoms with Gasteiger partial charge >= 0.3 is 17.9 Å². The van der Waals surface area contributed by atoms with Gasteiger partial charge in [0.25, 0.3) is 0 Å². The molecule has 0 aliphatic heterocycles. The minimum Gasteiger partial charge on any atom is -0.481 e. The van der Waals surface area contributed by atoms with Crippen LogP contribution >= 0.6 is 0 Å². The maximum absolute atomic E-state index is 13.3. The van der Waals surface area contributed by atoms with Gasteiger partial charge in [-0.15, -0.1) is 0 Å². The third kappa shape index (κ3) is 15.9. The maximum Gasteiger partial charge on any atom is 0.325 e. The number of nitrogens with two attached hydrogens (primary N) is 1. The van der Waals surface area contributed by atoms with Crippen LogP contribution in [-0.2, 0) is 49.6 Å². The summed E-state index contributed by atoms with van der Waals surface area (Å²) < 4.78 is 0. The van der Waals surface area contributed by atoms with E-state index in [1.165, 1.54) is 6.92 Å². The highest BCUT2D eigenvalue weighted by Gasteiger charge is 2.33. The van der Waals surface area contributed by atoms with E-state index in [-0.39, 0.29) is 18.8 Å². The summed E-state index contributed by atoms with van der Waals surface area (Å²) in [7, 11) is 0. The zero-order valence-electron chi connectivity index (χ0n) is 29.1. The Kier molecular flexibility index (Phi) is 18.4. The Morgan fingerprint density at radius 1 is 0.577 bits per heavy atom. The highest BCUT2D eigenvalue weighted by atomic mass is 16.4. The van der Waals surface area contributed by atoms with Crippen LogP contribution in [0.3, 0.4) is 0 Å². The molecule has 0 unspecified atom stereocenters. The smallest absolute Gasteiger partial charge is 0.325 e. The van der Waals surface area contributed by atoms with Gasteiger partial charge < -0.3 is 58.1 Å². The van der Waals surface area contributed by atoms with Gasteiger partial charge in [0.05, 0.1) is 25.5 Å². The number of aliphatic hydroxyl groups is 1.